The lowest BCUT2D eigenvalue weighted by molar-refractivity contribution is -0.141. The Morgan fingerprint density at radius 3 is 2.59 bits per heavy atom. The Hall–Kier alpha value is -1.44. The maximum atomic E-state index is 12.1. The van der Waals surface area contributed by atoms with Crippen molar-refractivity contribution in [1.29, 1.82) is 0 Å². The third kappa shape index (κ3) is 3.26. The molecule has 0 spiro atoms. The van der Waals surface area contributed by atoms with Crippen LogP contribution in [-0.2, 0) is 4.79 Å². The standard InChI is InChI=1S/C9H14F2N2O4/c1-12(4-7(10)11)9(17)13-3-5(14)2-6(13)8(15)16/h5-7,14H,2-4H2,1H3,(H,15,16)/t5?,6-/m0/s1. The van der Waals surface area contributed by atoms with Crippen molar-refractivity contribution in [3.05, 3.63) is 0 Å². The van der Waals surface area contributed by atoms with Gasteiger partial charge < -0.3 is 20.0 Å². The Kier molecular flexibility index (Phi) is 4.22. The van der Waals surface area contributed by atoms with Crippen molar-refractivity contribution >= 4 is 12.0 Å². The van der Waals surface area contributed by atoms with Gasteiger partial charge in [0.25, 0.3) is 6.43 Å². The minimum atomic E-state index is -2.68. The maximum Gasteiger partial charge on any atom is 0.326 e. The van der Waals surface area contributed by atoms with E-state index in [-0.39, 0.29) is 13.0 Å². The molecule has 0 saturated carbocycles. The van der Waals surface area contributed by atoms with Gasteiger partial charge in [-0.05, 0) is 0 Å². The Labute approximate surface area is 96.4 Å². The summed E-state index contributed by atoms with van der Waals surface area (Å²) in [6, 6.07) is -1.97. The van der Waals surface area contributed by atoms with Gasteiger partial charge in [0.1, 0.15) is 6.04 Å². The van der Waals surface area contributed by atoms with Crippen molar-refractivity contribution in [1.82, 2.24) is 9.80 Å². The summed E-state index contributed by atoms with van der Waals surface area (Å²) in [5.41, 5.74) is 0. The zero-order valence-electron chi connectivity index (χ0n) is 9.21. The van der Waals surface area contributed by atoms with Crippen molar-refractivity contribution in [2.24, 2.45) is 0 Å². The van der Waals surface area contributed by atoms with Gasteiger partial charge in [0, 0.05) is 20.0 Å². The van der Waals surface area contributed by atoms with Crippen molar-refractivity contribution in [3.8, 4) is 0 Å². The highest BCUT2D eigenvalue weighted by molar-refractivity contribution is 5.83. The smallest absolute Gasteiger partial charge is 0.326 e. The second-order valence-corrected chi connectivity index (χ2v) is 3.95. The SMILES string of the molecule is CN(CC(F)F)C(=O)N1CC(O)C[C@H]1C(=O)O. The summed E-state index contributed by atoms with van der Waals surface area (Å²) in [6.07, 6.45) is -3.69. The van der Waals surface area contributed by atoms with E-state index < -0.39 is 37.1 Å². The van der Waals surface area contributed by atoms with Crippen LogP contribution >= 0.6 is 0 Å². The van der Waals surface area contributed by atoms with E-state index in [4.69, 9.17) is 5.11 Å². The molecule has 1 aliphatic heterocycles. The zero-order valence-corrected chi connectivity index (χ0v) is 9.21. The molecule has 0 aromatic rings. The van der Waals surface area contributed by atoms with Gasteiger partial charge in [-0.3, -0.25) is 0 Å². The molecule has 1 saturated heterocycles. The number of nitrogens with zero attached hydrogens (tertiary/aromatic N) is 2. The monoisotopic (exact) mass is 252 g/mol. The number of amides is 2. The lowest BCUT2D eigenvalue weighted by Gasteiger charge is -2.27. The number of β-amino-alcohol motifs (C(OH)–C–C–N with tert-alkyl or cyclic N) is 1. The Morgan fingerprint density at radius 2 is 2.12 bits per heavy atom. The predicted molar refractivity (Wildman–Crippen MR) is 52.8 cm³/mol. The van der Waals surface area contributed by atoms with Crippen LogP contribution in [0.15, 0.2) is 0 Å². The lowest BCUT2D eigenvalue weighted by Crippen LogP contribution is -2.47. The molecule has 2 N–H and O–H groups in total. The maximum absolute atomic E-state index is 12.1. The molecule has 2 amide bonds. The second kappa shape index (κ2) is 5.26. The molecule has 1 fully saturated rings. The number of carbonyl (C=O) groups is 2. The van der Waals surface area contributed by atoms with Crippen molar-refractivity contribution in [2.45, 2.75) is 25.0 Å². The first kappa shape index (κ1) is 13.6. The number of hydrogen-bond acceptors (Lipinski definition) is 3. The summed E-state index contributed by atoms with van der Waals surface area (Å²) >= 11 is 0. The fraction of sp³-hybridized carbons (Fsp3) is 0.778. The number of alkyl halides is 2. The molecular formula is C9H14F2N2O4. The molecule has 0 bridgehead atoms. The van der Waals surface area contributed by atoms with Crippen molar-refractivity contribution < 1.29 is 28.6 Å². The van der Waals surface area contributed by atoms with Gasteiger partial charge in [-0.15, -0.1) is 0 Å². The molecule has 1 aliphatic rings. The first-order valence-electron chi connectivity index (χ1n) is 5.03. The molecule has 1 heterocycles. The van der Waals surface area contributed by atoms with Crippen LogP contribution in [0.25, 0.3) is 0 Å². The number of hydrogen-bond donors (Lipinski definition) is 2. The molecule has 1 unspecified atom stereocenters. The molecule has 0 aromatic heterocycles. The van der Waals surface area contributed by atoms with E-state index in [9.17, 15) is 23.5 Å². The van der Waals surface area contributed by atoms with E-state index in [2.05, 4.69) is 0 Å². The molecule has 0 radical (unpaired) electrons. The Balaban J connectivity index is 2.70. The normalized spacial score (nSPS) is 24.2. The Morgan fingerprint density at radius 1 is 1.53 bits per heavy atom. The van der Waals surface area contributed by atoms with E-state index in [1.807, 2.05) is 0 Å². The van der Waals surface area contributed by atoms with Gasteiger partial charge in [-0.1, -0.05) is 0 Å². The van der Waals surface area contributed by atoms with E-state index in [0.29, 0.717) is 0 Å². The average molecular weight is 252 g/mol. The van der Waals surface area contributed by atoms with Crippen LogP contribution in [-0.4, -0.2) is 70.7 Å². The number of carbonyl (C=O) groups excluding carboxylic acids is 1. The summed E-state index contributed by atoms with van der Waals surface area (Å²) < 4.78 is 24.2. The fourth-order valence-electron chi connectivity index (χ4n) is 1.76. The number of aliphatic hydroxyl groups excluding tert-OH is 1. The number of halogens is 2. The minimum absolute atomic E-state index is 0.0798. The summed E-state index contributed by atoms with van der Waals surface area (Å²) in [5, 5.41) is 18.1. The molecule has 17 heavy (non-hydrogen) atoms. The fourth-order valence-corrected chi connectivity index (χ4v) is 1.76. The molecule has 2 atom stereocenters. The van der Waals surface area contributed by atoms with Crippen LogP contribution in [0.2, 0.25) is 0 Å². The highest BCUT2D eigenvalue weighted by Gasteiger charge is 2.40. The molecule has 98 valence electrons. The first-order valence-corrected chi connectivity index (χ1v) is 5.03. The number of rotatable bonds is 3. The van der Waals surface area contributed by atoms with Gasteiger partial charge >= 0.3 is 12.0 Å². The molecule has 0 aromatic carbocycles. The number of carboxylic acids is 1. The summed E-state index contributed by atoms with van der Waals surface area (Å²) in [6.45, 7) is -0.916. The van der Waals surface area contributed by atoms with Crippen LogP contribution < -0.4 is 0 Å². The predicted octanol–water partition coefficient (Wildman–Crippen LogP) is -0.177. The van der Waals surface area contributed by atoms with Gasteiger partial charge in [-0.25, -0.2) is 18.4 Å². The van der Waals surface area contributed by atoms with Crippen LogP contribution in [0.5, 0.6) is 0 Å². The van der Waals surface area contributed by atoms with Crippen molar-refractivity contribution in [2.75, 3.05) is 20.1 Å². The van der Waals surface area contributed by atoms with Gasteiger partial charge in [0.15, 0.2) is 0 Å². The van der Waals surface area contributed by atoms with Crippen LogP contribution in [0.1, 0.15) is 6.42 Å². The van der Waals surface area contributed by atoms with Crippen LogP contribution in [0, 0.1) is 0 Å². The number of aliphatic hydroxyl groups is 1. The third-order valence-corrected chi connectivity index (χ3v) is 2.55. The van der Waals surface area contributed by atoms with Crippen molar-refractivity contribution in [3.63, 3.8) is 0 Å². The minimum Gasteiger partial charge on any atom is -0.480 e. The average Bonchev–Trinajstić information content (AvgIpc) is 2.58. The van der Waals surface area contributed by atoms with Gasteiger partial charge in [0.2, 0.25) is 0 Å². The largest absolute Gasteiger partial charge is 0.480 e. The lowest BCUT2D eigenvalue weighted by atomic mass is 10.2. The van der Waals surface area contributed by atoms with E-state index in [0.717, 1.165) is 16.8 Å². The number of aliphatic carboxylic acids is 1. The topological polar surface area (TPSA) is 81.1 Å². The highest BCUT2D eigenvalue weighted by Crippen LogP contribution is 2.19. The van der Waals surface area contributed by atoms with Gasteiger partial charge in [-0.2, -0.15) is 0 Å². The number of carboxylic acid groups (broad SMARTS) is 1. The summed E-state index contributed by atoms with van der Waals surface area (Å²) in [7, 11) is 1.16. The molecule has 0 aliphatic carbocycles. The first-order chi connectivity index (χ1) is 7.82. The Bertz CT molecular complexity index is 313. The molecule has 8 heteroatoms. The van der Waals surface area contributed by atoms with Crippen LogP contribution in [0.4, 0.5) is 13.6 Å². The molecule has 1 rings (SSSR count). The van der Waals surface area contributed by atoms with E-state index in [1.54, 1.807) is 0 Å². The van der Waals surface area contributed by atoms with E-state index >= 15 is 0 Å². The third-order valence-electron chi connectivity index (χ3n) is 2.55. The zero-order chi connectivity index (χ0) is 13.2. The van der Waals surface area contributed by atoms with Crippen LogP contribution in [0.3, 0.4) is 0 Å². The number of urea groups is 1. The molecule has 6 nitrogen and oxygen atoms in total. The highest BCUT2D eigenvalue weighted by atomic mass is 19.3. The second-order valence-electron chi connectivity index (χ2n) is 3.95. The number of likely N-dealkylation sites (tertiary alicyclic amines) is 1. The quantitative estimate of drug-likeness (QED) is 0.730. The summed E-state index contributed by atoms with van der Waals surface area (Å²) in [5.74, 6) is -1.25. The molecular weight excluding hydrogens is 238 g/mol. The summed E-state index contributed by atoms with van der Waals surface area (Å²) in [4.78, 5) is 24.2. The van der Waals surface area contributed by atoms with E-state index in [1.165, 1.54) is 0 Å². The van der Waals surface area contributed by atoms with Gasteiger partial charge in [0.05, 0.1) is 12.6 Å².